The Bertz CT molecular complexity index is 1000. The summed E-state index contributed by atoms with van der Waals surface area (Å²) < 4.78 is 10.4. The van der Waals surface area contributed by atoms with Gasteiger partial charge in [0.25, 0.3) is 0 Å². The molecule has 0 spiro atoms. The van der Waals surface area contributed by atoms with Crippen LogP contribution in [0.15, 0.2) is 65.0 Å². The zero-order chi connectivity index (χ0) is 25.1. The van der Waals surface area contributed by atoms with Crippen LogP contribution in [0.3, 0.4) is 0 Å². The summed E-state index contributed by atoms with van der Waals surface area (Å²) in [6.07, 6.45) is 8.82. The topological polar surface area (TPSA) is 126 Å². The molecule has 0 radical (unpaired) electrons. The van der Waals surface area contributed by atoms with Crippen molar-refractivity contribution < 1.29 is 29.0 Å². The Kier molecular flexibility index (Phi) is 9.61. The van der Waals surface area contributed by atoms with E-state index in [4.69, 9.17) is 14.6 Å². The molecule has 0 fully saturated rings. The fourth-order valence-corrected chi connectivity index (χ4v) is 2.94. The first-order chi connectivity index (χ1) is 16.1. The van der Waals surface area contributed by atoms with Crippen molar-refractivity contribution in [2.45, 2.75) is 45.6 Å². The first kappa shape index (κ1) is 26.4. The molecule has 9 nitrogen and oxygen atoms in total. The summed E-state index contributed by atoms with van der Waals surface area (Å²) in [5, 5.41) is 14.3. The smallest absolute Gasteiger partial charge is 0.407 e. The second-order valence-electron chi connectivity index (χ2n) is 8.48. The Balaban J connectivity index is 2.22. The first-order valence-corrected chi connectivity index (χ1v) is 10.9. The highest BCUT2D eigenvalue weighted by molar-refractivity contribution is 5.87. The third kappa shape index (κ3) is 9.32. The molecule has 1 aromatic carbocycles. The lowest BCUT2D eigenvalue weighted by atomic mass is 9.97. The van der Waals surface area contributed by atoms with Crippen molar-refractivity contribution in [3.8, 4) is 5.75 Å². The Morgan fingerprint density at radius 2 is 1.85 bits per heavy atom. The Labute approximate surface area is 199 Å². The molecule has 1 aliphatic heterocycles. The average molecular weight is 470 g/mol. The van der Waals surface area contributed by atoms with Crippen molar-refractivity contribution in [2.75, 3.05) is 13.2 Å². The van der Waals surface area contributed by atoms with E-state index >= 15 is 0 Å². The third-order valence-electron chi connectivity index (χ3n) is 4.54. The zero-order valence-electron chi connectivity index (χ0n) is 19.8. The molecule has 1 unspecified atom stereocenters. The monoisotopic (exact) mass is 469 g/mol. The minimum Gasteiger partial charge on any atom is -0.482 e. The minimum absolute atomic E-state index is 0.0122. The number of hydrogen-bond donors (Lipinski definition) is 3. The summed E-state index contributed by atoms with van der Waals surface area (Å²) in [6, 6.07) is 6.46. The van der Waals surface area contributed by atoms with E-state index in [2.05, 4.69) is 15.6 Å². The second kappa shape index (κ2) is 12.4. The summed E-state index contributed by atoms with van der Waals surface area (Å²) in [5.74, 6) is -1.83. The Hall–Kier alpha value is -3.88. The van der Waals surface area contributed by atoms with Crippen LogP contribution in [0.5, 0.6) is 5.75 Å². The largest absolute Gasteiger partial charge is 0.482 e. The van der Waals surface area contributed by atoms with Crippen LogP contribution in [0, 0.1) is 0 Å². The lowest BCUT2D eigenvalue weighted by molar-refractivity contribution is -0.139. The molecule has 0 saturated carbocycles. The van der Waals surface area contributed by atoms with Gasteiger partial charge in [-0.2, -0.15) is 0 Å². The van der Waals surface area contributed by atoms with Gasteiger partial charge in [0.05, 0.1) is 5.92 Å². The standard InChI is InChI=1S/C25H31N3O6/c1-5-17-10-12-26-13-11-19(14-17)28-23(31)21(15-27-24(32)34-25(2,3)4)18-6-8-20(9-7-18)33-16-22(29)30/h6-14,21H,5,15-16H2,1-4H3,(H,27,32)(H,28,31)(H,29,30)/b12-10+,13-11?,17-10?,17-14+,19-11+,19-14?,26-12?,26-13-. The van der Waals surface area contributed by atoms with Crippen molar-refractivity contribution in [3.63, 3.8) is 0 Å². The molecule has 34 heavy (non-hydrogen) atoms. The average Bonchev–Trinajstić information content (AvgIpc) is 2.73. The van der Waals surface area contributed by atoms with Crippen LogP contribution in [0.4, 0.5) is 4.79 Å². The molecular formula is C25H31N3O6. The number of carboxylic acid groups (broad SMARTS) is 1. The van der Waals surface area contributed by atoms with Crippen LogP contribution in [-0.4, -0.2) is 48.0 Å². The van der Waals surface area contributed by atoms with E-state index in [-0.39, 0.29) is 12.5 Å². The Morgan fingerprint density at radius 1 is 1.15 bits per heavy atom. The highest BCUT2D eigenvalue weighted by atomic mass is 16.6. The van der Waals surface area contributed by atoms with E-state index in [0.29, 0.717) is 17.0 Å². The van der Waals surface area contributed by atoms with E-state index in [1.54, 1.807) is 63.5 Å². The molecule has 1 atom stereocenters. The number of nitrogens with one attached hydrogen (secondary N) is 2. The zero-order valence-corrected chi connectivity index (χ0v) is 19.8. The fourth-order valence-electron chi connectivity index (χ4n) is 2.94. The summed E-state index contributed by atoms with van der Waals surface area (Å²) in [5.41, 5.74) is 1.49. The SMILES string of the molecule is CCC1=C\C(NC(=O)C(CNC(=O)OC(C)(C)C)c2ccc(OCC(=O)O)cc2)=C/C=N\C=C\1. The van der Waals surface area contributed by atoms with Gasteiger partial charge in [0.1, 0.15) is 11.4 Å². The van der Waals surface area contributed by atoms with Crippen LogP contribution < -0.4 is 15.4 Å². The number of carboxylic acids is 1. The normalized spacial score (nSPS) is 19.1. The number of ether oxygens (including phenoxy) is 2. The summed E-state index contributed by atoms with van der Waals surface area (Å²) >= 11 is 0. The second-order valence-corrected chi connectivity index (χ2v) is 8.48. The molecule has 9 heteroatoms. The van der Waals surface area contributed by atoms with Gasteiger partial charge in [0.15, 0.2) is 6.61 Å². The summed E-state index contributed by atoms with van der Waals surface area (Å²) in [4.78, 5) is 40.3. The third-order valence-corrected chi connectivity index (χ3v) is 4.54. The van der Waals surface area contributed by atoms with Crippen LogP contribution in [0.2, 0.25) is 0 Å². The van der Waals surface area contributed by atoms with Gasteiger partial charge in [-0.05, 0) is 68.7 Å². The van der Waals surface area contributed by atoms with Crippen LogP contribution in [0.1, 0.15) is 45.6 Å². The molecular weight excluding hydrogens is 438 g/mol. The number of nitrogens with zero attached hydrogens (tertiary/aromatic N) is 1. The molecule has 0 aromatic heterocycles. The molecule has 1 aromatic rings. The maximum atomic E-state index is 13.3. The molecule has 2 rings (SSSR count). The number of aliphatic carboxylic acids is 1. The predicted molar refractivity (Wildman–Crippen MR) is 129 cm³/mol. The van der Waals surface area contributed by atoms with Gasteiger partial charge in [0, 0.05) is 24.7 Å². The molecule has 0 saturated heterocycles. The van der Waals surface area contributed by atoms with E-state index in [0.717, 1.165) is 12.0 Å². The van der Waals surface area contributed by atoms with Crippen molar-refractivity contribution in [3.05, 3.63) is 65.5 Å². The number of allylic oxidation sites excluding steroid dienone is 4. The minimum atomic E-state index is -1.09. The van der Waals surface area contributed by atoms with Crippen molar-refractivity contribution in [1.82, 2.24) is 10.6 Å². The van der Waals surface area contributed by atoms with Gasteiger partial charge in [-0.1, -0.05) is 19.1 Å². The summed E-state index contributed by atoms with van der Waals surface area (Å²) in [6.45, 7) is 6.77. The molecule has 182 valence electrons. The number of alkyl carbamates (subject to hydrolysis) is 1. The Morgan fingerprint density at radius 3 is 2.47 bits per heavy atom. The highest BCUT2D eigenvalue weighted by Gasteiger charge is 2.24. The lowest BCUT2D eigenvalue weighted by Gasteiger charge is -2.22. The van der Waals surface area contributed by atoms with Gasteiger partial charge in [0.2, 0.25) is 5.91 Å². The van der Waals surface area contributed by atoms with Crippen molar-refractivity contribution >= 4 is 24.2 Å². The van der Waals surface area contributed by atoms with Crippen molar-refractivity contribution in [2.24, 2.45) is 4.99 Å². The van der Waals surface area contributed by atoms with Crippen LogP contribution >= 0.6 is 0 Å². The van der Waals surface area contributed by atoms with E-state index in [1.807, 2.05) is 19.1 Å². The fraction of sp³-hybridized carbons (Fsp3) is 0.360. The van der Waals surface area contributed by atoms with E-state index < -0.39 is 30.2 Å². The maximum Gasteiger partial charge on any atom is 0.407 e. The molecule has 0 bridgehead atoms. The number of amides is 2. The number of aliphatic imine (C=N–C) groups is 1. The van der Waals surface area contributed by atoms with Crippen LogP contribution in [-0.2, 0) is 14.3 Å². The number of carbonyl (C=O) groups excluding carboxylic acids is 2. The maximum absolute atomic E-state index is 13.3. The molecule has 1 heterocycles. The van der Waals surface area contributed by atoms with E-state index in [1.165, 1.54) is 0 Å². The van der Waals surface area contributed by atoms with Gasteiger partial charge in [-0.15, -0.1) is 0 Å². The number of benzene rings is 1. The molecule has 3 N–H and O–H groups in total. The highest BCUT2D eigenvalue weighted by Crippen LogP contribution is 2.21. The quantitative estimate of drug-likeness (QED) is 0.506. The molecule has 1 aliphatic rings. The number of rotatable bonds is 9. The first-order valence-electron chi connectivity index (χ1n) is 10.9. The lowest BCUT2D eigenvalue weighted by Crippen LogP contribution is -2.39. The molecule has 2 amide bonds. The number of hydrogen-bond acceptors (Lipinski definition) is 6. The van der Waals surface area contributed by atoms with Gasteiger partial charge in [-0.3, -0.25) is 9.79 Å². The van der Waals surface area contributed by atoms with E-state index in [9.17, 15) is 14.4 Å². The predicted octanol–water partition coefficient (Wildman–Crippen LogP) is 3.69. The van der Waals surface area contributed by atoms with Gasteiger partial charge < -0.3 is 25.2 Å². The molecule has 0 aliphatic carbocycles. The van der Waals surface area contributed by atoms with Gasteiger partial charge >= 0.3 is 12.1 Å². The van der Waals surface area contributed by atoms with Crippen molar-refractivity contribution in [1.29, 1.82) is 0 Å². The summed E-state index contributed by atoms with van der Waals surface area (Å²) in [7, 11) is 0. The van der Waals surface area contributed by atoms with Crippen LogP contribution in [0.25, 0.3) is 0 Å². The van der Waals surface area contributed by atoms with Gasteiger partial charge in [-0.25, -0.2) is 9.59 Å². The number of carbonyl (C=O) groups is 3.